The zero-order valence-corrected chi connectivity index (χ0v) is 8.85. The lowest BCUT2D eigenvalue weighted by Gasteiger charge is -2.26. The zero-order chi connectivity index (χ0) is 8.85. The van der Waals surface area contributed by atoms with Crippen LogP contribution >= 0.6 is 0 Å². The van der Waals surface area contributed by atoms with Gasteiger partial charge < -0.3 is 0 Å². The molecule has 0 aromatic rings. The summed E-state index contributed by atoms with van der Waals surface area (Å²) in [6.45, 7) is 11.7. The molecule has 0 saturated carbocycles. The molecule has 0 saturated heterocycles. The molecule has 0 N–H and O–H groups in total. The van der Waals surface area contributed by atoms with Gasteiger partial charge in [-0.1, -0.05) is 61.3 Å². The summed E-state index contributed by atoms with van der Waals surface area (Å²) in [5, 5.41) is 0. The summed E-state index contributed by atoms with van der Waals surface area (Å²) >= 11 is 0. The van der Waals surface area contributed by atoms with Gasteiger partial charge in [-0.05, 0) is 17.8 Å². The molecule has 0 aliphatic heterocycles. The Morgan fingerprint density at radius 1 is 1.00 bits per heavy atom. The third-order valence-electron chi connectivity index (χ3n) is 2.85. The summed E-state index contributed by atoms with van der Waals surface area (Å²) in [7, 11) is 0. The van der Waals surface area contributed by atoms with Gasteiger partial charge in [-0.2, -0.15) is 0 Å². The average molecular weight is 172 g/mol. The molecule has 0 fully saturated rings. The van der Waals surface area contributed by atoms with Crippen molar-refractivity contribution >= 4 is 0 Å². The first kappa shape index (κ1) is 14.5. The van der Waals surface area contributed by atoms with Crippen molar-refractivity contribution in [1.82, 2.24) is 0 Å². The van der Waals surface area contributed by atoms with E-state index in [9.17, 15) is 0 Å². The van der Waals surface area contributed by atoms with E-state index in [4.69, 9.17) is 0 Å². The Hall–Kier alpha value is 0. The quantitative estimate of drug-likeness (QED) is 0.562. The van der Waals surface area contributed by atoms with Crippen molar-refractivity contribution in [3.63, 3.8) is 0 Å². The van der Waals surface area contributed by atoms with Gasteiger partial charge in [0.15, 0.2) is 0 Å². The van der Waals surface area contributed by atoms with Crippen molar-refractivity contribution in [2.45, 2.75) is 61.3 Å². The lowest BCUT2D eigenvalue weighted by molar-refractivity contribution is 0.245. The summed E-state index contributed by atoms with van der Waals surface area (Å²) in [6.07, 6.45) is 4.09. The van der Waals surface area contributed by atoms with Crippen LogP contribution in [-0.2, 0) is 0 Å². The molecule has 0 aliphatic carbocycles. The molecule has 0 unspecified atom stereocenters. The molecule has 0 nitrogen and oxygen atoms in total. The lowest BCUT2D eigenvalue weighted by atomic mass is 9.80. The summed E-state index contributed by atoms with van der Waals surface area (Å²) in [5.74, 6) is 2.73. The maximum absolute atomic E-state index is 2.39. The molecule has 0 aromatic heterocycles. The smallest absolute Gasteiger partial charge is 0.0366 e. The Balaban J connectivity index is 0. The average Bonchev–Trinajstić information content (AvgIpc) is 1.98. The normalized spacial score (nSPS) is 15.5. The molecule has 0 bridgehead atoms. The summed E-state index contributed by atoms with van der Waals surface area (Å²) in [4.78, 5) is 0. The van der Waals surface area contributed by atoms with Gasteiger partial charge in [0.25, 0.3) is 0 Å². The van der Waals surface area contributed by atoms with Crippen LogP contribution in [0.15, 0.2) is 0 Å². The van der Waals surface area contributed by atoms with Gasteiger partial charge in [0.2, 0.25) is 0 Å². The second-order valence-corrected chi connectivity index (χ2v) is 4.08. The first-order chi connectivity index (χ1) is 5.13. The topological polar surface area (TPSA) is 0 Å². The molecule has 0 aromatic carbocycles. The molecular formula is C12H28. The Labute approximate surface area is 79.8 Å². The van der Waals surface area contributed by atoms with Gasteiger partial charge in [0.1, 0.15) is 0 Å². The fourth-order valence-corrected chi connectivity index (χ4v) is 1.91. The van der Waals surface area contributed by atoms with Crippen molar-refractivity contribution in [2.24, 2.45) is 17.8 Å². The van der Waals surface area contributed by atoms with E-state index in [1.807, 2.05) is 0 Å². The van der Waals surface area contributed by atoms with E-state index >= 15 is 0 Å². The first-order valence-electron chi connectivity index (χ1n) is 5.13. The highest BCUT2D eigenvalue weighted by atomic mass is 14.2. The van der Waals surface area contributed by atoms with Crippen LogP contribution in [0.2, 0.25) is 0 Å². The monoisotopic (exact) mass is 172 g/mol. The minimum Gasteiger partial charge on any atom is -0.0776 e. The van der Waals surface area contributed by atoms with Gasteiger partial charge in [0, 0.05) is 0 Å². The maximum Gasteiger partial charge on any atom is -0.0366 e. The molecule has 0 spiro atoms. The fourth-order valence-electron chi connectivity index (χ4n) is 1.91. The van der Waals surface area contributed by atoms with Gasteiger partial charge in [0.05, 0.1) is 0 Å². The predicted molar refractivity (Wildman–Crippen MR) is 59.4 cm³/mol. The Morgan fingerprint density at radius 3 is 1.75 bits per heavy atom. The van der Waals surface area contributed by atoms with Crippen LogP contribution in [0.3, 0.4) is 0 Å². The number of rotatable bonds is 5. The van der Waals surface area contributed by atoms with E-state index in [1.54, 1.807) is 0 Å². The van der Waals surface area contributed by atoms with Crippen LogP contribution in [0.4, 0.5) is 0 Å². The van der Waals surface area contributed by atoms with Gasteiger partial charge in [-0.15, -0.1) is 0 Å². The van der Waals surface area contributed by atoms with Crippen LogP contribution in [-0.4, -0.2) is 0 Å². The molecule has 76 valence electrons. The third-order valence-corrected chi connectivity index (χ3v) is 2.85. The van der Waals surface area contributed by atoms with E-state index in [0.29, 0.717) is 0 Å². The van der Waals surface area contributed by atoms with Crippen molar-refractivity contribution in [1.29, 1.82) is 0 Å². The molecule has 0 rings (SSSR count). The molecule has 0 heterocycles. The second kappa shape index (κ2) is 7.64. The van der Waals surface area contributed by atoms with Crippen LogP contribution in [0, 0.1) is 17.8 Å². The van der Waals surface area contributed by atoms with Crippen molar-refractivity contribution in [2.75, 3.05) is 0 Å². The molecule has 2 atom stereocenters. The van der Waals surface area contributed by atoms with E-state index in [1.165, 1.54) is 19.3 Å². The minimum absolute atomic E-state index is 0. The van der Waals surface area contributed by atoms with Crippen LogP contribution < -0.4 is 0 Å². The summed E-state index contributed by atoms with van der Waals surface area (Å²) < 4.78 is 0. The lowest BCUT2D eigenvalue weighted by Crippen LogP contribution is -2.16. The van der Waals surface area contributed by atoms with Gasteiger partial charge in [-0.3, -0.25) is 0 Å². The summed E-state index contributed by atoms with van der Waals surface area (Å²) in [5.41, 5.74) is 0. The number of hydrogen-bond donors (Lipinski definition) is 0. The van der Waals surface area contributed by atoms with Crippen molar-refractivity contribution < 1.29 is 0 Å². The highest BCUT2D eigenvalue weighted by Crippen LogP contribution is 2.27. The SMILES string of the molecule is C.CCC[C@H](C(C)C)[C@@H](C)CC. The van der Waals surface area contributed by atoms with E-state index < -0.39 is 0 Å². The standard InChI is InChI=1S/C11H24.CH4/c1-6-8-11(9(3)4)10(5)7-2;/h9-11H,6-8H2,1-5H3;1H4/t10-,11+;/m0./s1. The van der Waals surface area contributed by atoms with Gasteiger partial charge >= 0.3 is 0 Å². The zero-order valence-electron chi connectivity index (χ0n) is 8.85. The molecule has 0 heteroatoms. The summed E-state index contributed by atoms with van der Waals surface area (Å²) in [6, 6.07) is 0. The Kier molecular flexibility index (Phi) is 9.24. The molecule has 12 heavy (non-hydrogen) atoms. The van der Waals surface area contributed by atoms with Crippen LogP contribution in [0.25, 0.3) is 0 Å². The maximum atomic E-state index is 2.39. The molecule has 0 aliphatic rings. The van der Waals surface area contributed by atoms with Crippen LogP contribution in [0.1, 0.15) is 61.3 Å². The largest absolute Gasteiger partial charge is 0.0776 e. The minimum atomic E-state index is 0. The van der Waals surface area contributed by atoms with Crippen LogP contribution in [0.5, 0.6) is 0 Å². The molecular weight excluding hydrogens is 144 g/mol. The molecule has 0 radical (unpaired) electrons. The first-order valence-corrected chi connectivity index (χ1v) is 5.13. The fraction of sp³-hybridized carbons (Fsp3) is 1.00. The second-order valence-electron chi connectivity index (χ2n) is 4.08. The third kappa shape index (κ3) is 4.79. The van der Waals surface area contributed by atoms with E-state index in [0.717, 1.165) is 17.8 Å². The Morgan fingerprint density at radius 2 is 1.50 bits per heavy atom. The molecule has 0 amide bonds. The highest BCUT2D eigenvalue weighted by Gasteiger charge is 2.17. The number of hydrogen-bond acceptors (Lipinski definition) is 0. The van der Waals surface area contributed by atoms with Crippen molar-refractivity contribution in [3.05, 3.63) is 0 Å². The predicted octanol–water partition coefficient (Wildman–Crippen LogP) is 4.74. The Bertz CT molecular complexity index is 84.0. The highest BCUT2D eigenvalue weighted by molar-refractivity contribution is 4.67. The van der Waals surface area contributed by atoms with Gasteiger partial charge in [-0.25, -0.2) is 0 Å². The van der Waals surface area contributed by atoms with Crippen molar-refractivity contribution in [3.8, 4) is 0 Å². The van der Waals surface area contributed by atoms with E-state index in [2.05, 4.69) is 34.6 Å². The van der Waals surface area contributed by atoms with E-state index in [-0.39, 0.29) is 7.43 Å².